The second kappa shape index (κ2) is 7.03. The summed E-state index contributed by atoms with van der Waals surface area (Å²) in [5.41, 5.74) is 0.759. The molecule has 1 aromatic heterocycles. The van der Waals surface area contributed by atoms with Crippen molar-refractivity contribution in [3.63, 3.8) is 0 Å². The number of morpholine rings is 1. The van der Waals surface area contributed by atoms with E-state index in [4.69, 9.17) is 4.74 Å². The summed E-state index contributed by atoms with van der Waals surface area (Å²) in [6, 6.07) is 2.24. The summed E-state index contributed by atoms with van der Waals surface area (Å²) in [7, 11) is 0. The number of nitrogens with zero attached hydrogens (tertiary/aromatic N) is 1. The van der Waals surface area contributed by atoms with E-state index in [0.717, 1.165) is 31.9 Å². The van der Waals surface area contributed by atoms with Crippen LogP contribution in [0, 0.1) is 5.92 Å². The zero-order valence-electron chi connectivity index (χ0n) is 11.6. The van der Waals surface area contributed by atoms with E-state index in [9.17, 15) is 4.79 Å². The van der Waals surface area contributed by atoms with Gasteiger partial charge in [-0.25, -0.2) is 0 Å². The van der Waals surface area contributed by atoms with Crippen molar-refractivity contribution in [3.05, 3.63) is 22.4 Å². The van der Waals surface area contributed by atoms with Crippen molar-refractivity contribution in [2.45, 2.75) is 19.9 Å². The normalized spacial score (nSPS) is 18.5. The molecule has 19 heavy (non-hydrogen) atoms. The largest absolute Gasteiger partial charge is 0.379 e. The van der Waals surface area contributed by atoms with Crippen LogP contribution in [-0.2, 0) is 4.74 Å². The molecule has 1 saturated heterocycles. The summed E-state index contributed by atoms with van der Waals surface area (Å²) in [6.45, 7) is 8.61. The Morgan fingerprint density at radius 2 is 2.21 bits per heavy atom. The Labute approximate surface area is 118 Å². The highest BCUT2D eigenvalue weighted by molar-refractivity contribution is 7.08. The zero-order chi connectivity index (χ0) is 13.7. The average Bonchev–Trinajstić information content (AvgIpc) is 2.93. The predicted octanol–water partition coefficient (Wildman–Crippen LogP) is 1.83. The first-order valence-electron chi connectivity index (χ1n) is 6.80. The van der Waals surface area contributed by atoms with E-state index < -0.39 is 0 Å². The lowest BCUT2D eigenvalue weighted by Crippen LogP contribution is -2.51. The van der Waals surface area contributed by atoms with Gasteiger partial charge in [0.25, 0.3) is 5.91 Å². The molecule has 1 aliphatic heterocycles. The molecule has 1 N–H and O–H groups in total. The van der Waals surface area contributed by atoms with Crippen molar-refractivity contribution >= 4 is 17.2 Å². The Balaban J connectivity index is 1.88. The van der Waals surface area contributed by atoms with E-state index >= 15 is 0 Å². The summed E-state index contributed by atoms with van der Waals surface area (Å²) in [5.74, 6) is 0.543. The van der Waals surface area contributed by atoms with Gasteiger partial charge < -0.3 is 10.1 Å². The lowest BCUT2D eigenvalue weighted by atomic mass is 10.0. The molecule has 1 aromatic rings. The minimum absolute atomic E-state index is 0.0279. The van der Waals surface area contributed by atoms with Crippen LogP contribution in [0.25, 0.3) is 0 Å². The number of rotatable bonds is 5. The van der Waals surface area contributed by atoms with Crippen molar-refractivity contribution in [1.82, 2.24) is 10.2 Å². The fourth-order valence-corrected chi connectivity index (χ4v) is 3.02. The van der Waals surface area contributed by atoms with Crippen LogP contribution in [0.4, 0.5) is 0 Å². The molecule has 0 spiro atoms. The Bertz CT molecular complexity index is 386. The van der Waals surface area contributed by atoms with Crippen LogP contribution in [-0.4, -0.2) is 49.7 Å². The van der Waals surface area contributed by atoms with Gasteiger partial charge in [-0.2, -0.15) is 11.3 Å². The molecule has 106 valence electrons. The highest BCUT2D eigenvalue weighted by Gasteiger charge is 2.24. The molecule has 1 fully saturated rings. The molecule has 0 radical (unpaired) electrons. The zero-order valence-corrected chi connectivity index (χ0v) is 12.4. The van der Waals surface area contributed by atoms with Gasteiger partial charge in [0, 0.05) is 36.6 Å². The maximum atomic E-state index is 12.0. The van der Waals surface area contributed by atoms with E-state index in [0.29, 0.717) is 18.5 Å². The molecule has 1 amide bonds. The number of hydrogen-bond acceptors (Lipinski definition) is 4. The molecule has 1 unspecified atom stereocenters. The third-order valence-electron chi connectivity index (χ3n) is 3.54. The number of carbonyl (C=O) groups is 1. The Morgan fingerprint density at radius 3 is 2.79 bits per heavy atom. The molecule has 0 aromatic carbocycles. The van der Waals surface area contributed by atoms with Crippen LogP contribution in [0.5, 0.6) is 0 Å². The van der Waals surface area contributed by atoms with Gasteiger partial charge in [-0.15, -0.1) is 0 Å². The first kappa shape index (κ1) is 14.5. The van der Waals surface area contributed by atoms with Crippen molar-refractivity contribution in [2.75, 3.05) is 32.8 Å². The molecular weight excluding hydrogens is 260 g/mol. The molecule has 4 nitrogen and oxygen atoms in total. The third-order valence-corrected chi connectivity index (χ3v) is 4.22. The van der Waals surface area contributed by atoms with E-state index in [-0.39, 0.29) is 5.91 Å². The number of carbonyl (C=O) groups excluding carboxylic acids is 1. The van der Waals surface area contributed by atoms with Crippen LogP contribution >= 0.6 is 11.3 Å². The summed E-state index contributed by atoms with van der Waals surface area (Å²) in [5, 5.41) is 6.86. The monoisotopic (exact) mass is 282 g/mol. The fraction of sp³-hybridized carbons (Fsp3) is 0.643. The smallest absolute Gasteiger partial charge is 0.252 e. The minimum Gasteiger partial charge on any atom is -0.379 e. The van der Waals surface area contributed by atoms with Gasteiger partial charge in [0.05, 0.1) is 13.2 Å². The van der Waals surface area contributed by atoms with Gasteiger partial charge in [0.1, 0.15) is 0 Å². The van der Waals surface area contributed by atoms with Gasteiger partial charge in [-0.1, -0.05) is 13.8 Å². The average molecular weight is 282 g/mol. The second-order valence-corrected chi connectivity index (χ2v) is 5.96. The fourth-order valence-electron chi connectivity index (χ4n) is 2.39. The Morgan fingerprint density at radius 1 is 1.47 bits per heavy atom. The van der Waals surface area contributed by atoms with Crippen LogP contribution in [0.2, 0.25) is 0 Å². The van der Waals surface area contributed by atoms with Crippen LogP contribution in [0.1, 0.15) is 24.2 Å². The van der Waals surface area contributed by atoms with E-state index in [1.54, 1.807) is 11.3 Å². The maximum absolute atomic E-state index is 12.0. The molecule has 1 aliphatic rings. The van der Waals surface area contributed by atoms with Crippen LogP contribution in [0.15, 0.2) is 16.8 Å². The van der Waals surface area contributed by atoms with Gasteiger partial charge in [0.15, 0.2) is 0 Å². The third kappa shape index (κ3) is 4.03. The van der Waals surface area contributed by atoms with E-state index in [2.05, 4.69) is 24.1 Å². The first-order valence-corrected chi connectivity index (χ1v) is 7.75. The topological polar surface area (TPSA) is 41.6 Å². The molecule has 5 heteroatoms. The molecule has 2 heterocycles. The summed E-state index contributed by atoms with van der Waals surface area (Å²) >= 11 is 1.55. The van der Waals surface area contributed by atoms with Crippen LogP contribution in [0.3, 0.4) is 0 Å². The lowest BCUT2D eigenvalue weighted by molar-refractivity contribution is 0.00673. The first-order chi connectivity index (χ1) is 9.18. The number of nitrogens with one attached hydrogen (secondary N) is 1. The summed E-state index contributed by atoms with van der Waals surface area (Å²) < 4.78 is 5.39. The second-order valence-electron chi connectivity index (χ2n) is 5.18. The summed E-state index contributed by atoms with van der Waals surface area (Å²) in [4.78, 5) is 14.4. The standard InChI is InChI=1S/C14H22N2O2S/c1-11(2)13(16-4-6-18-7-5-16)9-15-14(17)12-3-8-19-10-12/h3,8,10-11,13H,4-7,9H2,1-2H3,(H,15,17). The Hall–Kier alpha value is -0.910. The highest BCUT2D eigenvalue weighted by Crippen LogP contribution is 2.13. The van der Waals surface area contributed by atoms with Crippen LogP contribution < -0.4 is 5.32 Å². The molecule has 2 rings (SSSR count). The molecule has 0 aliphatic carbocycles. The van der Waals surface area contributed by atoms with Crippen molar-refractivity contribution in [2.24, 2.45) is 5.92 Å². The Kier molecular flexibility index (Phi) is 5.36. The SMILES string of the molecule is CC(C)C(CNC(=O)c1ccsc1)N1CCOCC1. The lowest BCUT2D eigenvalue weighted by Gasteiger charge is -2.36. The van der Waals surface area contributed by atoms with E-state index in [1.165, 1.54) is 0 Å². The number of ether oxygens (including phenoxy) is 1. The maximum Gasteiger partial charge on any atom is 0.252 e. The number of thiophene rings is 1. The minimum atomic E-state index is 0.0279. The quantitative estimate of drug-likeness (QED) is 0.896. The number of hydrogen-bond donors (Lipinski definition) is 1. The summed E-state index contributed by atoms with van der Waals surface area (Å²) in [6.07, 6.45) is 0. The van der Waals surface area contributed by atoms with Gasteiger partial charge in [0.2, 0.25) is 0 Å². The van der Waals surface area contributed by atoms with Gasteiger partial charge in [-0.3, -0.25) is 9.69 Å². The van der Waals surface area contributed by atoms with E-state index in [1.807, 2.05) is 16.8 Å². The van der Waals surface area contributed by atoms with Crippen molar-refractivity contribution in [3.8, 4) is 0 Å². The molecule has 1 atom stereocenters. The predicted molar refractivity (Wildman–Crippen MR) is 77.7 cm³/mol. The van der Waals surface area contributed by atoms with Gasteiger partial charge >= 0.3 is 0 Å². The molecule has 0 saturated carbocycles. The van der Waals surface area contributed by atoms with Crippen molar-refractivity contribution in [1.29, 1.82) is 0 Å². The molecule has 0 bridgehead atoms. The highest BCUT2D eigenvalue weighted by atomic mass is 32.1. The van der Waals surface area contributed by atoms with Gasteiger partial charge in [-0.05, 0) is 17.4 Å². The molecular formula is C14H22N2O2S. The van der Waals surface area contributed by atoms with Crippen molar-refractivity contribution < 1.29 is 9.53 Å². The number of amides is 1.